The van der Waals surface area contributed by atoms with E-state index in [1.165, 1.54) is 31.8 Å². The summed E-state index contributed by atoms with van der Waals surface area (Å²) in [7, 11) is 0. The topological polar surface area (TPSA) is 264 Å². The molecule has 6 aromatic heterocycles. The van der Waals surface area contributed by atoms with Crippen LogP contribution in [0.15, 0.2) is 167 Å². The first kappa shape index (κ1) is 40.6. The highest BCUT2D eigenvalue weighted by atomic mass is 16.5. The van der Waals surface area contributed by atoms with E-state index in [-0.39, 0.29) is 0 Å². The highest BCUT2D eigenvalue weighted by Crippen LogP contribution is 1.79. The maximum Gasteiger partial charge on any atom is 0.213 e. The second-order valence-electron chi connectivity index (χ2n) is 7.66. The van der Waals surface area contributed by atoms with Crippen LogP contribution in [0.25, 0.3) is 0 Å². The van der Waals surface area contributed by atoms with E-state index in [1.807, 2.05) is 54.9 Å². The van der Waals surface area contributed by atoms with Crippen molar-refractivity contribution in [3.05, 3.63) is 124 Å². The van der Waals surface area contributed by atoms with Crippen molar-refractivity contribution in [1.82, 2.24) is 56.1 Å². The summed E-state index contributed by atoms with van der Waals surface area (Å²) in [4.78, 5) is 28.9. The minimum absolute atomic E-state index is 0.639. The van der Waals surface area contributed by atoms with Gasteiger partial charge in [-0.05, 0) is 36.4 Å². The predicted octanol–water partition coefficient (Wildman–Crippen LogP) is 3.50. The van der Waals surface area contributed by atoms with Crippen molar-refractivity contribution >= 4 is 37.4 Å². The molecule has 4 aliphatic heterocycles. The van der Waals surface area contributed by atoms with E-state index in [4.69, 9.17) is 0 Å². The first-order chi connectivity index (χ1) is 25.0. The molecule has 20 heteroatoms. The van der Waals surface area contributed by atoms with E-state index in [0.29, 0.717) is 6.67 Å². The predicted molar refractivity (Wildman–Crippen MR) is 190 cm³/mol. The van der Waals surface area contributed by atoms with Gasteiger partial charge in [0, 0.05) is 55.9 Å². The summed E-state index contributed by atoms with van der Waals surface area (Å²) in [6.45, 7) is 3.19. The molecule has 50 heavy (non-hydrogen) atoms. The van der Waals surface area contributed by atoms with E-state index in [0.717, 1.165) is 19.6 Å². The van der Waals surface area contributed by atoms with Gasteiger partial charge >= 0.3 is 0 Å². The lowest BCUT2D eigenvalue weighted by Crippen LogP contribution is -1.65. The molecule has 0 bridgehead atoms. The molecule has 0 aliphatic carbocycles. The van der Waals surface area contributed by atoms with Gasteiger partial charge in [0.25, 0.3) is 0 Å². The van der Waals surface area contributed by atoms with Gasteiger partial charge in [-0.25, -0.2) is 9.98 Å². The Morgan fingerprint density at radius 1 is 0.580 bits per heavy atom. The normalized spacial score (nSPS) is 11.8. The third-order valence-corrected chi connectivity index (χ3v) is 4.10. The number of nitrogens with zero attached hydrogens (tertiary/aromatic N) is 14. The molecule has 0 aromatic carbocycles. The Morgan fingerprint density at radius 3 is 1.50 bits per heavy atom. The van der Waals surface area contributed by atoms with Gasteiger partial charge in [-0.2, -0.15) is 20.5 Å². The van der Waals surface area contributed by atoms with Crippen LogP contribution in [-0.4, -0.2) is 120 Å². The molecular weight excluding hydrogens is 646 g/mol. The van der Waals surface area contributed by atoms with Crippen LogP contribution in [-0.2, 0) is 0 Å². The van der Waals surface area contributed by atoms with Gasteiger partial charge in [-0.15, -0.1) is 10.2 Å². The summed E-state index contributed by atoms with van der Waals surface area (Å²) in [6.07, 6.45) is 36.8. The standard InChI is InChI=1S/3C4H5N.3C3H4N2.C3H3NO.C2H3N3.2C2H2N2O/c3*1-2-4-5-3-1;2*1-2-5-3-4-1;3*1-2-4-5-3-1;1-3-4-2-5-1;1-3-2-5-4-1/h2*1-3H,4H2;1-5H;1,3H,2H2;1-2H,3H2;1-3H,(H,4,5);1-3H;1-2H,(H,3,4,5);2*1-2H. The molecule has 10 heterocycles. The van der Waals surface area contributed by atoms with Crippen molar-refractivity contribution in [2.24, 2.45) is 30.0 Å². The van der Waals surface area contributed by atoms with E-state index < -0.39 is 0 Å². The number of rotatable bonds is 0. The molecule has 0 unspecified atom stereocenters. The average Bonchev–Trinajstić information content (AvgIpc) is 4.08. The van der Waals surface area contributed by atoms with Gasteiger partial charge in [0.1, 0.15) is 19.3 Å². The van der Waals surface area contributed by atoms with Crippen molar-refractivity contribution in [3.63, 3.8) is 0 Å². The van der Waals surface area contributed by atoms with Crippen molar-refractivity contribution in [2.45, 2.75) is 0 Å². The van der Waals surface area contributed by atoms with Crippen LogP contribution in [0.5, 0.6) is 0 Å². The van der Waals surface area contributed by atoms with E-state index in [9.17, 15) is 0 Å². The zero-order valence-electron chi connectivity index (χ0n) is 26.8. The maximum absolute atomic E-state index is 4.36. The number of hydrogen-bond acceptors (Lipinski definition) is 17. The first-order valence-corrected chi connectivity index (χ1v) is 14.3. The fourth-order valence-corrected chi connectivity index (χ4v) is 2.19. The van der Waals surface area contributed by atoms with Crippen molar-refractivity contribution in [1.29, 1.82) is 0 Å². The second-order valence-corrected chi connectivity index (χ2v) is 7.66. The molecule has 0 saturated heterocycles. The quantitative estimate of drug-likeness (QED) is 0.208. The Labute approximate surface area is 286 Å². The third kappa shape index (κ3) is 35.1. The highest BCUT2D eigenvalue weighted by molar-refractivity contribution is 6.17. The van der Waals surface area contributed by atoms with E-state index in [2.05, 4.69) is 99.5 Å². The van der Waals surface area contributed by atoms with Gasteiger partial charge in [-0.1, -0.05) is 22.5 Å². The zero-order valence-corrected chi connectivity index (χ0v) is 26.8. The number of hydrogen-bond donors (Lipinski definition) is 3. The summed E-state index contributed by atoms with van der Waals surface area (Å²) in [5, 5.41) is 28.7. The lowest BCUT2D eigenvalue weighted by Gasteiger charge is -1.61. The molecular formula is C30H37N17O3. The molecule has 0 spiro atoms. The van der Waals surface area contributed by atoms with Gasteiger partial charge in [0.2, 0.25) is 19.2 Å². The van der Waals surface area contributed by atoms with E-state index in [1.54, 1.807) is 74.5 Å². The fourth-order valence-electron chi connectivity index (χ4n) is 2.19. The highest BCUT2D eigenvalue weighted by Gasteiger charge is 1.74. The Hall–Kier alpha value is -7.38. The smallest absolute Gasteiger partial charge is 0.213 e. The van der Waals surface area contributed by atoms with Crippen molar-refractivity contribution in [2.75, 3.05) is 26.3 Å². The summed E-state index contributed by atoms with van der Waals surface area (Å²) in [5.41, 5.74) is 0. The van der Waals surface area contributed by atoms with Crippen molar-refractivity contribution < 1.29 is 13.5 Å². The summed E-state index contributed by atoms with van der Waals surface area (Å²) in [5.74, 6) is 0. The molecule has 0 radical (unpaired) electrons. The van der Waals surface area contributed by atoms with Crippen LogP contribution >= 0.6 is 0 Å². The molecule has 10 rings (SSSR count). The van der Waals surface area contributed by atoms with Gasteiger partial charge in [0.15, 0.2) is 6.33 Å². The van der Waals surface area contributed by atoms with E-state index >= 15 is 0 Å². The van der Waals surface area contributed by atoms with Crippen LogP contribution in [0, 0.1) is 0 Å². The lowest BCUT2D eigenvalue weighted by molar-refractivity contribution is 0.416. The molecule has 6 aromatic rings. The Kier molecular flexibility index (Phi) is 30.7. The molecule has 20 nitrogen and oxygen atoms in total. The lowest BCUT2D eigenvalue weighted by atomic mass is 10.6. The van der Waals surface area contributed by atoms with Crippen molar-refractivity contribution in [3.8, 4) is 0 Å². The minimum Gasteiger partial charge on any atom is -0.431 e. The third-order valence-electron chi connectivity index (χ3n) is 4.10. The summed E-state index contributed by atoms with van der Waals surface area (Å²) >= 11 is 0. The first-order valence-electron chi connectivity index (χ1n) is 14.3. The molecule has 0 atom stereocenters. The minimum atomic E-state index is 0.639. The molecule has 260 valence electrons. The SMILES string of the molecule is C1=CCN=C1.C1=CCN=C1.C1=NC=NC1.C1=NCN=C1.c1cc[nH]c1.c1cn[nH]c1.c1cn[nH]n1.c1cnoc1.c1ncon1.c1nnco1. The largest absolute Gasteiger partial charge is 0.431 e. The van der Waals surface area contributed by atoms with Crippen LogP contribution in [0.1, 0.15) is 0 Å². The number of aromatic nitrogens is 11. The Bertz CT molecular complexity index is 1150. The monoisotopic (exact) mass is 683 g/mol. The Balaban J connectivity index is 0.000000278. The fraction of sp³-hybridized carbons (Fsp3) is 0.133. The van der Waals surface area contributed by atoms with Gasteiger partial charge in [0.05, 0.1) is 38.2 Å². The molecule has 4 aliphatic rings. The number of H-pyrrole nitrogens is 3. The van der Waals surface area contributed by atoms with Crippen LogP contribution in [0.4, 0.5) is 0 Å². The summed E-state index contributed by atoms with van der Waals surface area (Å²) < 4.78 is 12.9. The van der Waals surface area contributed by atoms with Gasteiger partial charge < -0.3 is 18.4 Å². The summed E-state index contributed by atoms with van der Waals surface area (Å²) in [6, 6.07) is 7.44. The van der Waals surface area contributed by atoms with Crippen LogP contribution in [0.3, 0.4) is 0 Å². The Morgan fingerprint density at radius 2 is 1.32 bits per heavy atom. The number of nitrogens with one attached hydrogen (secondary N) is 3. The zero-order chi connectivity index (χ0) is 35.4. The van der Waals surface area contributed by atoms with Gasteiger partial charge in [-0.3, -0.25) is 30.1 Å². The molecule has 0 amide bonds. The average molecular weight is 684 g/mol. The number of allylic oxidation sites excluding steroid dienone is 2. The van der Waals surface area contributed by atoms with Crippen LogP contribution < -0.4 is 0 Å². The molecule has 3 N–H and O–H groups in total. The maximum atomic E-state index is 4.36. The number of aromatic amines is 3. The molecule has 0 saturated carbocycles. The second kappa shape index (κ2) is 37.8. The number of aliphatic imine (C=N–C) groups is 6. The van der Waals surface area contributed by atoms with Crippen LogP contribution in [0.2, 0.25) is 0 Å². The molecule has 0 fully saturated rings.